The summed E-state index contributed by atoms with van der Waals surface area (Å²) in [6, 6.07) is 9.55. The largest absolute Gasteiger partial charge is 0.478 e. The third kappa shape index (κ3) is 3.67. The van der Waals surface area contributed by atoms with Crippen LogP contribution in [0.4, 0.5) is 5.69 Å². The van der Waals surface area contributed by atoms with Crippen molar-refractivity contribution in [2.75, 3.05) is 4.72 Å². The van der Waals surface area contributed by atoms with E-state index in [0.29, 0.717) is 0 Å². The molecule has 2 aromatic rings. The minimum absolute atomic E-state index is 0.00147. The van der Waals surface area contributed by atoms with Gasteiger partial charge in [-0.25, -0.2) is 13.2 Å². The van der Waals surface area contributed by atoms with Crippen LogP contribution in [0, 0.1) is 6.92 Å². The fraction of sp³-hybridized carbons (Fsp3) is 0.0667. The second-order valence-electron chi connectivity index (χ2n) is 4.85. The quantitative estimate of drug-likeness (QED) is 0.765. The zero-order valence-corrected chi connectivity index (χ0v) is 12.9. The minimum atomic E-state index is -3.95. The van der Waals surface area contributed by atoms with Gasteiger partial charge in [0.05, 0.1) is 16.1 Å². The Kier molecular flexibility index (Phi) is 4.37. The van der Waals surface area contributed by atoms with E-state index in [2.05, 4.69) is 4.72 Å². The highest BCUT2D eigenvalue weighted by Gasteiger charge is 2.19. The van der Waals surface area contributed by atoms with E-state index in [1.54, 1.807) is 12.1 Å². The second-order valence-corrected chi connectivity index (χ2v) is 6.53. The van der Waals surface area contributed by atoms with Crippen molar-refractivity contribution in [1.82, 2.24) is 0 Å². The Morgan fingerprint density at radius 2 is 1.70 bits per heavy atom. The monoisotopic (exact) mass is 334 g/mol. The first-order valence-corrected chi connectivity index (χ1v) is 7.95. The predicted molar refractivity (Wildman–Crippen MR) is 83.9 cm³/mol. The first-order valence-electron chi connectivity index (χ1n) is 6.47. The Morgan fingerprint density at radius 1 is 1.09 bits per heavy atom. The van der Waals surface area contributed by atoms with Gasteiger partial charge in [-0.2, -0.15) is 0 Å². The molecular weight excluding hydrogens is 320 g/mol. The van der Waals surface area contributed by atoms with Gasteiger partial charge >= 0.3 is 5.97 Å². The van der Waals surface area contributed by atoms with Crippen LogP contribution in [0.15, 0.2) is 47.4 Å². The van der Waals surface area contributed by atoms with Crippen molar-refractivity contribution < 1.29 is 23.1 Å². The summed E-state index contributed by atoms with van der Waals surface area (Å²) in [6.07, 6.45) is 0. The summed E-state index contributed by atoms with van der Waals surface area (Å²) in [4.78, 5) is 22.4. The number of rotatable bonds is 5. The number of carboxylic acids is 1. The van der Waals surface area contributed by atoms with E-state index in [9.17, 15) is 23.1 Å². The zero-order valence-electron chi connectivity index (χ0n) is 12.1. The SMILES string of the molecule is Cc1ccc(S(=O)(=O)Nc2ccc(C(N)=O)cc2C(=O)O)cc1. The molecule has 4 N–H and O–H groups in total. The van der Waals surface area contributed by atoms with E-state index in [1.807, 2.05) is 6.92 Å². The van der Waals surface area contributed by atoms with Gasteiger partial charge in [-0.1, -0.05) is 17.7 Å². The van der Waals surface area contributed by atoms with Crippen molar-refractivity contribution in [1.29, 1.82) is 0 Å². The number of hydrogen-bond donors (Lipinski definition) is 3. The molecule has 2 aromatic carbocycles. The Balaban J connectivity index is 2.44. The van der Waals surface area contributed by atoms with Gasteiger partial charge in [0.25, 0.3) is 10.0 Å². The Bertz CT molecular complexity index is 873. The highest BCUT2D eigenvalue weighted by Crippen LogP contribution is 2.22. The van der Waals surface area contributed by atoms with E-state index in [4.69, 9.17) is 5.73 Å². The molecule has 0 bridgehead atoms. The van der Waals surface area contributed by atoms with Crippen molar-refractivity contribution in [3.8, 4) is 0 Å². The van der Waals surface area contributed by atoms with Crippen LogP contribution in [0.5, 0.6) is 0 Å². The molecule has 0 heterocycles. The van der Waals surface area contributed by atoms with Crippen LogP contribution in [0.2, 0.25) is 0 Å². The van der Waals surface area contributed by atoms with Crippen LogP contribution in [-0.2, 0) is 10.0 Å². The molecule has 0 fully saturated rings. The Morgan fingerprint density at radius 3 is 2.22 bits per heavy atom. The number of aromatic carboxylic acids is 1. The van der Waals surface area contributed by atoms with Gasteiger partial charge in [0.15, 0.2) is 0 Å². The lowest BCUT2D eigenvalue weighted by molar-refractivity contribution is 0.0698. The van der Waals surface area contributed by atoms with Crippen molar-refractivity contribution in [3.63, 3.8) is 0 Å². The number of carbonyl (C=O) groups is 2. The molecule has 7 nitrogen and oxygen atoms in total. The number of nitrogens with one attached hydrogen (secondary N) is 1. The Hall–Kier alpha value is -2.87. The first-order chi connectivity index (χ1) is 10.7. The smallest absolute Gasteiger partial charge is 0.337 e. The highest BCUT2D eigenvalue weighted by atomic mass is 32.2. The van der Waals surface area contributed by atoms with Gasteiger partial charge in [0.1, 0.15) is 0 Å². The average molecular weight is 334 g/mol. The third-order valence-electron chi connectivity index (χ3n) is 3.11. The van der Waals surface area contributed by atoms with Crippen LogP contribution < -0.4 is 10.5 Å². The number of sulfonamides is 1. The van der Waals surface area contributed by atoms with Crippen molar-refractivity contribution in [2.24, 2.45) is 5.73 Å². The molecule has 0 aliphatic rings. The van der Waals surface area contributed by atoms with Crippen LogP contribution in [0.3, 0.4) is 0 Å². The molecule has 120 valence electrons. The maximum Gasteiger partial charge on any atom is 0.337 e. The van der Waals surface area contributed by atoms with Gasteiger partial charge in [0.2, 0.25) is 5.91 Å². The number of nitrogens with two attached hydrogens (primary N) is 1. The van der Waals surface area contributed by atoms with Gasteiger partial charge < -0.3 is 10.8 Å². The van der Waals surface area contributed by atoms with Crippen LogP contribution >= 0.6 is 0 Å². The minimum Gasteiger partial charge on any atom is -0.478 e. The molecule has 0 atom stereocenters. The van der Waals surface area contributed by atoms with E-state index >= 15 is 0 Å². The van der Waals surface area contributed by atoms with Gasteiger partial charge in [-0.3, -0.25) is 9.52 Å². The maximum absolute atomic E-state index is 12.3. The number of aryl methyl sites for hydroxylation is 1. The molecule has 0 aliphatic heterocycles. The first kappa shape index (κ1) is 16.5. The lowest BCUT2D eigenvalue weighted by atomic mass is 10.1. The molecule has 2 rings (SSSR count). The number of anilines is 1. The predicted octanol–water partition coefficient (Wildman–Crippen LogP) is 1.59. The molecule has 0 radical (unpaired) electrons. The average Bonchev–Trinajstić information content (AvgIpc) is 2.47. The van der Waals surface area contributed by atoms with E-state index in [-0.39, 0.29) is 21.7 Å². The molecule has 1 amide bonds. The number of carboxylic acid groups (broad SMARTS) is 1. The highest BCUT2D eigenvalue weighted by molar-refractivity contribution is 7.92. The molecule has 0 aromatic heterocycles. The van der Waals surface area contributed by atoms with Crippen molar-refractivity contribution in [3.05, 3.63) is 59.2 Å². The fourth-order valence-electron chi connectivity index (χ4n) is 1.88. The number of hydrogen-bond acceptors (Lipinski definition) is 4. The topological polar surface area (TPSA) is 127 Å². The van der Waals surface area contributed by atoms with Crippen LogP contribution in [0.1, 0.15) is 26.3 Å². The summed E-state index contributed by atoms with van der Waals surface area (Å²) in [5, 5.41) is 9.19. The van der Waals surface area contributed by atoms with Gasteiger partial charge in [-0.15, -0.1) is 0 Å². The van der Waals surface area contributed by atoms with Crippen molar-refractivity contribution in [2.45, 2.75) is 11.8 Å². The summed E-state index contributed by atoms with van der Waals surface area (Å²) in [7, 11) is -3.95. The molecule has 0 aliphatic carbocycles. The van der Waals surface area contributed by atoms with Crippen molar-refractivity contribution >= 4 is 27.6 Å². The molecule has 8 heteroatoms. The summed E-state index contributed by atoms with van der Waals surface area (Å²) in [5.41, 5.74) is 5.44. The fourth-order valence-corrected chi connectivity index (χ4v) is 2.96. The number of amides is 1. The molecular formula is C15H14N2O5S. The van der Waals surface area contributed by atoms with E-state index in [1.165, 1.54) is 24.3 Å². The van der Waals surface area contributed by atoms with Crippen LogP contribution in [-0.4, -0.2) is 25.4 Å². The summed E-state index contributed by atoms with van der Waals surface area (Å²) < 4.78 is 26.8. The maximum atomic E-state index is 12.3. The normalized spacial score (nSPS) is 11.0. The molecule has 0 spiro atoms. The molecule has 0 saturated carbocycles. The third-order valence-corrected chi connectivity index (χ3v) is 4.49. The second kappa shape index (κ2) is 6.09. The Labute approximate surface area is 132 Å². The number of benzene rings is 2. The number of primary amides is 1. The summed E-state index contributed by atoms with van der Waals surface area (Å²) in [5.74, 6) is -2.19. The standard InChI is InChI=1S/C15H14N2O5S/c1-9-2-5-11(6-3-9)23(21,22)17-13-7-4-10(14(16)18)8-12(13)15(19)20/h2-8,17H,1H3,(H2,16,18)(H,19,20). The lowest BCUT2D eigenvalue weighted by Gasteiger charge is -2.11. The van der Waals surface area contributed by atoms with E-state index in [0.717, 1.165) is 11.6 Å². The molecule has 0 saturated heterocycles. The summed E-state index contributed by atoms with van der Waals surface area (Å²) >= 11 is 0. The van der Waals surface area contributed by atoms with Crippen LogP contribution in [0.25, 0.3) is 0 Å². The molecule has 0 unspecified atom stereocenters. The zero-order chi connectivity index (χ0) is 17.2. The molecule has 23 heavy (non-hydrogen) atoms. The van der Waals surface area contributed by atoms with Gasteiger partial charge in [-0.05, 0) is 37.3 Å². The lowest BCUT2D eigenvalue weighted by Crippen LogP contribution is -2.17. The van der Waals surface area contributed by atoms with Gasteiger partial charge in [0, 0.05) is 5.56 Å². The number of carbonyl (C=O) groups excluding carboxylic acids is 1. The van der Waals surface area contributed by atoms with E-state index < -0.39 is 21.9 Å². The summed E-state index contributed by atoms with van der Waals surface area (Å²) in [6.45, 7) is 1.81.